The third kappa shape index (κ3) is 3.27. The van der Waals surface area contributed by atoms with Crippen molar-refractivity contribution >= 4 is 5.78 Å². The Labute approximate surface area is 119 Å². The first-order valence-electron chi connectivity index (χ1n) is 7.10. The molecule has 0 N–H and O–H groups in total. The maximum atomic E-state index is 11.7. The molecule has 0 aliphatic heterocycles. The average molecular weight is 266 g/mol. The SMILES string of the molecule is O=C(COc1ccccc1Cc1ccccc1)C1CC1. The van der Waals surface area contributed by atoms with Crippen LogP contribution in [0.4, 0.5) is 0 Å². The van der Waals surface area contributed by atoms with Gasteiger partial charge >= 0.3 is 0 Å². The summed E-state index contributed by atoms with van der Waals surface area (Å²) in [5.41, 5.74) is 2.37. The number of para-hydroxylation sites is 1. The van der Waals surface area contributed by atoms with Crippen LogP contribution in [-0.2, 0) is 11.2 Å². The second-order valence-corrected chi connectivity index (χ2v) is 5.30. The van der Waals surface area contributed by atoms with E-state index in [1.165, 1.54) is 5.56 Å². The van der Waals surface area contributed by atoms with Crippen molar-refractivity contribution in [2.75, 3.05) is 6.61 Å². The molecule has 2 aromatic rings. The number of carbonyl (C=O) groups is 1. The lowest BCUT2D eigenvalue weighted by molar-refractivity contribution is -0.122. The van der Waals surface area contributed by atoms with E-state index in [0.29, 0.717) is 0 Å². The fraction of sp³-hybridized carbons (Fsp3) is 0.278. The van der Waals surface area contributed by atoms with Crippen LogP contribution in [-0.4, -0.2) is 12.4 Å². The number of carbonyl (C=O) groups excluding carboxylic acids is 1. The maximum Gasteiger partial charge on any atom is 0.173 e. The number of Topliss-reactive ketones (excluding diaryl/α,β-unsaturated/α-hetero) is 1. The van der Waals surface area contributed by atoms with E-state index in [1.54, 1.807) is 0 Å². The van der Waals surface area contributed by atoms with Gasteiger partial charge in [-0.2, -0.15) is 0 Å². The Morgan fingerprint density at radius 1 is 1.00 bits per heavy atom. The Balaban J connectivity index is 1.69. The number of ether oxygens (including phenoxy) is 1. The van der Waals surface area contributed by atoms with Gasteiger partial charge in [-0.1, -0.05) is 48.5 Å². The average Bonchev–Trinajstić information content (AvgIpc) is 3.32. The number of ketones is 1. The monoisotopic (exact) mass is 266 g/mol. The summed E-state index contributed by atoms with van der Waals surface area (Å²) in [6.07, 6.45) is 2.90. The fourth-order valence-electron chi connectivity index (χ4n) is 2.28. The van der Waals surface area contributed by atoms with Crippen molar-refractivity contribution in [2.45, 2.75) is 19.3 Å². The molecule has 0 bridgehead atoms. The quantitative estimate of drug-likeness (QED) is 0.798. The van der Waals surface area contributed by atoms with E-state index in [0.717, 1.165) is 30.6 Å². The minimum absolute atomic E-state index is 0.205. The molecular formula is C18H18O2. The third-order valence-corrected chi connectivity index (χ3v) is 3.61. The maximum absolute atomic E-state index is 11.7. The smallest absolute Gasteiger partial charge is 0.173 e. The molecule has 0 radical (unpaired) electrons. The van der Waals surface area contributed by atoms with Crippen LogP contribution in [0.5, 0.6) is 5.75 Å². The van der Waals surface area contributed by atoms with E-state index >= 15 is 0 Å². The highest BCUT2D eigenvalue weighted by Crippen LogP contribution is 2.30. The van der Waals surface area contributed by atoms with Crippen molar-refractivity contribution in [1.29, 1.82) is 0 Å². The molecule has 1 aliphatic rings. The lowest BCUT2D eigenvalue weighted by atomic mass is 10.0. The normalized spacial score (nSPS) is 14.0. The molecule has 0 saturated heterocycles. The molecule has 2 aromatic carbocycles. The van der Waals surface area contributed by atoms with E-state index in [1.807, 2.05) is 36.4 Å². The Kier molecular flexibility index (Phi) is 3.82. The second kappa shape index (κ2) is 5.91. The minimum atomic E-state index is 0.205. The van der Waals surface area contributed by atoms with Crippen molar-refractivity contribution in [3.05, 3.63) is 65.7 Å². The van der Waals surface area contributed by atoms with Crippen LogP contribution in [0.3, 0.4) is 0 Å². The topological polar surface area (TPSA) is 26.3 Å². The molecule has 0 unspecified atom stereocenters. The first-order valence-corrected chi connectivity index (χ1v) is 7.10. The molecule has 1 aliphatic carbocycles. The summed E-state index contributed by atoms with van der Waals surface area (Å²) in [5.74, 6) is 1.32. The highest BCUT2D eigenvalue weighted by Gasteiger charge is 2.29. The van der Waals surface area contributed by atoms with Crippen LogP contribution in [0.25, 0.3) is 0 Å². The molecule has 102 valence electrons. The summed E-state index contributed by atoms with van der Waals surface area (Å²) in [7, 11) is 0. The molecule has 3 rings (SSSR count). The van der Waals surface area contributed by atoms with Crippen LogP contribution < -0.4 is 4.74 Å². The van der Waals surface area contributed by atoms with Crippen LogP contribution >= 0.6 is 0 Å². The van der Waals surface area contributed by atoms with Gasteiger partial charge in [-0.05, 0) is 30.0 Å². The Hall–Kier alpha value is -2.09. The Morgan fingerprint density at radius 2 is 1.70 bits per heavy atom. The van der Waals surface area contributed by atoms with Gasteiger partial charge in [-0.3, -0.25) is 4.79 Å². The summed E-state index contributed by atoms with van der Waals surface area (Å²) in [6.45, 7) is 0.205. The zero-order valence-corrected chi connectivity index (χ0v) is 11.4. The molecule has 1 saturated carbocycles. The van der Waals surface area contributed by atoms with Crippen molar-refractivity contribution in [3.63, 3.8) is 0 Å². The molecule has 0 atom stereocenters. The van der Waals surface area contributed by atoms with Gasteiger partial charge in [0.2, 0.25) is 0 Å². The lowest BCUT2D eigenvalue weighted by Gasteiger charge is -2.11. The van der Waals surface area contributed by atoms with E-state index in [-0.39, 0.29) is 18.3 Å². The number of hydrogen-bond acceptors (Lipinski definition) is 2. The summed E-state index contributed by atoms with van der Waals surface area (Å²) < 4.78 is 5.72. The summed E-state index contributed by atoms with van der Waals surface area (Å²) in [5, 5.41) is 0. The van der Waals surface area contributed by atoms with Crippen molar-refractivity contribution < 1.29 is 9.53 Å². The molecule has 20 heavy (non-hydrogen) atoms. The van der Waals surface area contributed by atoms with Crippen LogP contribution in [0.1, 0.15) is 24.0 Å². The molecule has 2 heteroatoms. The molecule has 0 spiro atoms. The van der Waals surface area contributed by atoms with Crippen molar-refractivity contribution in [3.8, 4) is 5.75 Å². The van der Waals surface area contributed by atoms with Crippen LogP contribution in [0, 0.1) is 5.92 Å². The Bertz CT molecular complexity index is 585. The molecule has 0 heterocycles. The largest absolute Gasteiger partial charge is 0.486 e. The van der Waals surface area contributed by atoms with Gasteiger partial charge in [-0.25, -0.2) is 0 Å². The van der Waals surface area contributed by atoms with E-state index < -0.39 is 0 Å². The van der Waals surface area contributed by atoms with Crippen LogP contribution in [0.15, 0.2) is 54.6 Å². The molecular weight excluding hydrogens is 248 g/mol. The third-order valence-electron chi connectivity index (χ3n) is 3.61. The first-order chi connectivity index (χ1) is 9.83. The molecule has 0 amide bonds. The van der Waals surface area contributed by atoms with E-state index in [4.69, 9.17) is 4.74 Å². The first kappa shape index (κ1) is 12.9. The standard InChI is InChI=1S/C18H18O2/c19-17(15-10-11-15)13-20-18-9-5-4-8-16(18)12-14-6-2-1-3-7-14/h1-9,15H,10-13H2. The summed E-state index contributed by atoms with van der Waals surface area (Å²) in [4.78, 5) is 11.7. The summed E-state index contributed by atoms with van der Waals surface area (Å²) >= 11 is 0. The van der Waals surface area contributed by atoms with E-state index in [2.05, 4.69) is 18.2 Å². The highest BCUT2D eigenvalue weighted by atomic mass is 16.5. The number of benzene rings is 2. The van der Waals surface area contributed by atoms with Crippen molar-refractivity contribution in [2.24, 2.45) is 5.92 Å². The second-order valence-electron chi connectivity index (χ2n) is 5.30. The minimum Gasteiger partial charge on any atom is -0.486 e. The molecule has 2 nitrogen and oxygen atoms in total. The van der Waals surface area contributed by atoms with Gasteiger partial charge in [0.25, 0.3) is 0 Å². The van der Waals surface area contributed by atoms with Gasteiger partial charge in [-0.15, -0.1) is 0 Å². The number of hydrogen-bond donors (Lipinski definition) is 0. The van der Waals surface area contributed by atoms with E-state index in [9.17, 15) is 4.79 Å². The van der Waals surface area contributed by atoms with Gasteiger partial charge in [0.1, 0.15) is 12.4 Å². The van der Waals surface area contributed by atoms with Gasteiger partial charge in [0, 0.05) is 12.3 Å². The molecule has 1 fully saturated rings. The zero-order valence-electron chi connectivity index (χ0n) is 11.4. The molecule has 0 aromatic heterocycles. The van der Waals surface area contributed by atoms with Crippen LogP contribution in [0.2, 0.25) is 0 Å². The van der Waals surface area contributed by atoms with Gasteiger partial charge in [0.05, 0.1) is 0 Å². The number of rotatable bonds is 6. The van der Waals surface area contributed by atoms with Gasteiger partial charge < -0.3 is 4.74 Å². The lowest BCUT2D eigenvalue weighted by Crippen LogP contribution is -2.13. The Morgan fingerprint density at radius 3 is 2.45 bits per heavy atom. The summed E-state index contributed by atoms with van der Waals surface area (Å²) in [6, 6.07) is 18.3. The predicted molar refractivity (Wildman–Crippen MR) is 78.9 cm³/mol. The highest BCUT2D eigenvalue weighted by molar-refractivity contribution is 5.84. The predicted octanol–water partition coefficient (Wildman–Crippen LogP) is 3.64. The van der Waals surface area contributed by atoms with Crippen molar-refractivity contribution in [1.82, 2.24) is 0 Å². The van der Waals surface area contributed by atoms with Gasteiger partial charge in [0.15, 0.2) is 5.78 Å². The zero-order chi connectivity index (χ0) is 13.8. The fourth-order valence-corrected chi connectivity index (χ4v) is 2.28.